The van der Waals surface area contributed by atoms with Crippen LogP contribution in [0.5, 0.6) is 11.5 Å². The molecule has 1 aromatic rings. The van der Waals surface area contributed by atoms with Crippen LogP contribution in [0.1, 0.15) is 25.3 Å². The summed E-state index contributed by atoms with van der Waals surface area (Å²) in [4.78, 5) is 13.9. The molecular formula is C17H23ClN2O3. The first-order chi connectivity index (χ1) is 11.0. The Bertz CT molecular complexity index is 589. The molecule has 2 rings (SSSR count). The van der Waals surface area contributed by atoms with Crippen molar-refractivity contribution in [1.29, 1.82) is 0 Å². The minimum absolute atomic E-state index is 0.0423. The second-order valence-electron chi connectivity index (χ2n) is 5.55. The topological polar surface area (TPSA) is 64.8 Å². The fraction of sp³-hybridized carbons (Fsp3) is 0.471. The van der Waals surface area contributed by atoms with Crippen molar-refractivity contribution in [2.45, 2.75) is 25.8 Å². The summed E-state index contributed by atoms with van der Waals surface area (Å²) in [6, 6.07) is 3.64. The maximum Gasteiger partial charge on any atom is 0.246 e. The van der Waals surface area contributed by atoms with Crippen LogP contribution in [0.3, 0.4) is 0 Å². The predicted molar refractivity (Wildman–Crippen MR) is 92.0 cm³/mol. The van der Waals surface area contributed by atoms with Crippen molar-refractivity contribution in [2.75, 3.05) is 26.8 Å². The molecule has 0 radical (unpaired) electrons. The van der Waals surface area contributed by atoms with E-state index in [2.05, 4.69) is 0 Å². The monoisotopic (exact) mass is 338 g/mol. The van der Waals surface area contributed by atoms with Crippen molar-refractivity contribution in [3.8, 4) is 11.5 Å². The van der Waals surface area contributed by atoms with Crippen LogP contribution in [0.4, 0.5) is 0 Å². The molecular weight excluding hydrogens is 316 g/mol. The Hall–Kier alpha value is -1.72. The van der Waals surface area contributed by atoms with Crippen LogP contribution >= 0.6 is 11.6 Å². The fourth-order valence-corrected chi connectivity index (χ4v) is 2.71. The normalized spacial score (nSPS) is 17.7. The molecule has 1 heterocycles. The third-order valence-electron chi connectivity index (χ3n) is 3.66. The number of hydrogen-bond donors (Lipinski definition) is 1. The number of carbonyl (C=O) groups excluding carboxylic acids is 1. The summed E-state index contributed by atoms with van der Waals surface area (Å²) in [5.74, 6) is 1.05. The Kier molecular flexibility index (Phi) is 6.30. The van der Waals surface area contributed by atoms with Gasteiger partial charge in [0.1, 0.15) is 0 Å². The van der Waals surface area contributed by atoms with Crippen molar-refractivity contribution in [3.63, 3.8) is 0 Å². The molecule has 1 aliphatic rings. The molecule has 1 aliphatic heterocycles. The third-order valence-corrected chi connectivity index (χ3v) is 3.94. The number of likely N-dealkylation sites (tertiary alicyclic amines) is 1. The van der Waals surface area contributed by atoms with Gasteiger partial charge in [0, 0.05) is 25.2 Å². The standard InChI is InChI=1S/C17H23ClN2O3/c1-3-8-23-17-14(18)9-12(10-15(17)22-2)4-5-16(21)20-7-6-13(19)11-20/h4-5,9-10,13H,3,6-8,11,19H2,1-2H3/t13-/m1/s1. The van der Waals surface area contributed by atoms with Crippen molar-refractivity contribution in [1.82, 2.24) is 4.90 Å². The molecule has 2 N–H and O–H groups in total. The second-order valence-corrected chi connectivity index (χ2v) is 5.96. The summed E-state index contributed by atoms with van der Waals surface area (Å²) < 4.78 is 10.9. The van der Waals surface area contributed by atoms with Gasteiger partial charge in [0.25, 0.3) is 0 Å². The molecule has 1 saturated heterocycles. The highest BCUT2D eigenvalue weighted by Gasteiger charge is 2.21. The van der Waals surface area contributed by atoms with Gasteiger partial charge in [-0.25, -0.2) is 0 Å². The highest BCUT2D eigenvalue weighted by molar-refractivity contribution is 6.32. The quantitative estimate of drug-likeness (QED) is 0.810. The van der Waals surface area contributed by atoms with E-state index in [1.807, 2.05) is 6.92 Å². The number of halogens is 1. The van der Waals surface area contributed by atoms with E-state index < -0.39 is 0 Å². The van der Waals surface area contributed by atoms with Crippen LogP contribution in [0.2, 0.25) is 5.02 Å². The largest absolute Gasteiger partial charge is 0.493 e. The first kappa shape index (κ1) is 17.6. The zero-order valence-electron chi connectivity index (χ0n) is 13.5. The van der Waals surface area contributed by atoms with Crippen LogP contribution in [0.15, 0.2) is 18.2 Å². The molecule has 0 spiro atoms. The first-order valence-electron chi connectivity index (χ1n) is 7.78. The third kappa shape index (κ3) is 4.62. The number of benzene rings is 1. The summed E-state index contributed by atoms with van der Waals surface area (Å²) in [5, 5.41) is 0.466. The molecule has 23 heavy (non-hydrogen) atoms. The van der Waals surface area contributed by atoms with Crippen molar-refractivity contribution < 1.29 is 14.3 Å². The zero-order chi connectivity index (χ0) is 16.8. The summed E-state index contributed by atoms with van der Waals surface area (Å²) >= 11 is 6.26. The van der Waals surface area contributed by atoms with Crippen LogP contribution in [-0.4, -0.2) is 43.7 Å². The van der Waals surface area contributed by atoms with E-state index in [0.29, 0.717) is 36.2 Å². The van der Waals surface area contributed by atoms with Crippen LogP contribution < -0.4 is 15.2 Å². The molecule has 1 aromatic carbocycles. The van der Waals surface area contributed by atoms with Crippen molar-refractivity contribution in [3.05, 3.63) is 28.8 Å². The second kappa shape index (κ2) is 8.22. The van der Waals surface area contributed by atoms with E-state index in [0.717, 1.165) is 18.4 Å². The Morgan fingerprint density at radius 2 is 2.30 bits per heavy atom. The Morgan fingerprint density at radius 1 is 1.52 bits per heavy atom. The number of methoxy groups -OCH3 is 1. The van der Waals surface area contributed by atoms with E-state index in [-0.39, 0.29) is 11.9 Å². The molecule has 5 nitrogen and oxygen atoms in total. The van der Waals surface area contributed by atoms with Gasteiger partial charge in [-0.2, -0.15) is 0 Å². The van der Waals surface area contributed by atoms with Crippen molar-refractivity contribution >= 4 is 23.6 Å². The van der Waals surface area contributed by atoms with Crippen LogP contribution in [-0.2, 0) is 4.79 Å². The summed E-state index contributed by atoms with van der Waals surface area (Å²) in [6.07, 6.45) is 5.00. The molecule has 0 bridgehead atoms. The number of rotatable bonds is 6. The highest BCUT2D eigenvalue weighted by Crippen LogP contribution is 2.36. The predicted octanol–water partition coefficient (Wildman–Crippen LogP) is 2.71. The Balaban J connectivity index is 2.12. The zero-order valence-corrected chi connectivity index (χ0v) is 14.3. The summed E-state index contributed by atoms with van der Waals surface area (Å²) in [5.41, 5.74) is 6.60. The number of hydrogen-bond acceptors (Lipinski definition) is 4. The molecule has 126 valence electrons. The van der Waals surface area contributed by atoms with E-state index in [1.165, 1.54) is 6.08 Å². The number of nitrogens with zero attached hydrogens (tertiary/aromatic N) is 1. The van der Waals surface area contributed by atoms with E-state index in [1.54, 1.807) is 30.2 Å². The van der Waals surface area contributed by atoms with Crippen molar-refractivity contribution in [2.24, 2.45) is 5.73 Å². The summed E-state index contributed by atoms with van der Waals surface area (Å²) in [6.45, 7) is 3.90. The summed E-state index contributed by atoms with van der Waals surface area (Å²) in [7, 11) is 1.56. The van der Waals surface area contributed by atoms with Gasteiger partial charge in [-0.15, -0.1) is 0 Å². The lowest BCUT2D eigenvalue weighted by Crippen LogP contribution is -2.30. The minimum Gasteiger partial charge on any atom is -0.493 e. The average Bonchev–Trinajstić information content (AvgIpc) is 2.97. The Labute approximate surface area is 142 Å². The first-order valence-corrected chi connectivity index (χ1v) is 8.15. The highest BCUT2D eigenvalue weighted by atomic mass is 35.5. The lowest BCUT2D eigenvalue weighted by Gasteiger charge is -2.14. The lowest BCUT2D eigenvalue weighted by atomic mass is 10.2. The van der Waals surface area contributed by atoms with Gasteiger partial charge in [-0.1, -0.05) is 18.5 Å². The lowest BCUT2D eigenvalue weighted by molar-refractivity contribution is -0.124. The molecule has 1 atom stereocenters. The van der Waals surface area contributed by atoms with E-state index in [9.17, 15) is 4.79 Å². The maximum atomic E-state index is 12.1. The SMILES string of the molecule is CCCOc1c(Cl)cc(C=CC(=O)N2CC[C@@H](N)C2)cc1OC. The van der Waals surface area contributed by atoms with Gasteiger partial charge < -0.3 is 20.1 Å². The maximum absolute atomic E-state index is 12.1. The smallest absolute Gasteiger partial charge is 0.246 e. The average molecular weight is 339 g/mol. The molecule has 1 fully saturated rings. The van der Waals surface area contributed by atoms with Gasteiger partial charge in [0.15, 0.2) is 11.5 Å². The molecule has 0 saturated carbocycles. The van der Waals surface area contributed by atoms with Gasteiger partial charge >= 0.3 is 0 Å². The molecule has 0 aromatic heterocycles. The van der Waals surface area contributed by atoms with Crippen LogP contribution in [0, 0.1) is 0 Å². The van der Waals surface area contributed by atoms with Crippen LogP contribution in [0.25, 0.3) is 6.08 Å². The van der Waals surface area contributed by atoms with Gasteiger partial charge in [0.2, 0.25) is 5.91 Å². The van der Waals surface area contributed by atoms with Gasteiger partial charge in [-0.3, -0.25) is 4.79 Å². The van der Waals surface area contributed by atoms with E-state index >= 15 is 0 Å². The van der Waals surface area contributed by atoms with E-state index in [4.69, 9.17) is 26.8 Å². The number of ether oxygens (including phenoxy) is 2. The minimum atomic E-state index is -0.0423. The Morgan fingerprint density at radius 3 is 2.91 bits per heavy atom. The number of nitrogens with two attached hydrogens (primary N) is 1. The molecule has 6 heteroatoms. The molecule has 1 amide bonds. The number of amides is 1. The molecule has 0 aliphatic carbocycles. The van der Waals surface area contributed by atoms with Gasteiger partial charge in [-0.05, 0) is 36.6 Å². The molecule has 0 unspecified atom stereocenters. The fourth-order valence-electron chi connectivity index (χ4n) is 2.44. The van der Waals surface area contributed by atoms with Gasteiger partial charge in [0.05, 0.1) is 18.7 Å². The number of carbonyl (C=O) groups is 1.